The van der Waals surface area contributed by atoms with E-state index < -0.39 is 0 Å². The molecule has 0 radical (unpaired) electrons. The van der Waals surface area contributed by atoms with Crippen LogP contribution in [0.2, 0.25) is 0 Å². The number of halogens is 1. The highest BCUT2D eigenvalue weighted by molar-refractivity contribution is 5.97. The molecular formula is C26H31FN4O3. The summed E-state index contributed by atoms with van der Waals surface area (Å²) in [6.07, 6.45) is 2.47. The van der Waals surface area contributed by atoms with Crippen LogP contribution in [0.5, 0.6) is 5.75 Å². The normalized spacial score (nSPS) is 18.1. The van der Waals surface area contributed by atoms with Gasteiger partial charge in [0, 0.05) is 44.1 Å². The smallest absolute Gasteiger partial charge is 0.225 e. The van der Waals surface area contributed by atoms with Gasteiger partial charge in [0.15, 0.2) is 11.4 Å². The van der Waals surface area contributed by atoms with Crippen LogP contribution in [0.1, 0.15) is 38.7 Å². The number of piperazine rings is 1. The van der Waals surface area contributed by atoms with Crippen molar-refractivity contribution in [1.29, 1.82) is 0 Å². The van der Waals surface area contributed by atoms with Gasteiger partial charge in [-0.05, 0) is 43.1 Å². The first-order valence-electron chi connectivity index (χ1n) is 12.0. The highest BCUT2D eigenvalue weighted by Gasteiger charge is 2.33. The van der Waals surface area contributed by atoms with Crippen LogP contribution >= 0.6 is 0 Å². The Morgan fingerprint density at radius 3 is 2.79 bits per heavy atom. The monoisotopic (exact) mass is 466 g/mol. The maximum atomic E-state index is 13.4. The fourth-order valence-electron chi connectivity index (χ4n) is 4.95. The molecule has 1 N–H and O–H groups in total. The zero-order valence-corrected chi connectivity index (χ0v) is 19.8. The topological polar surface area (TPSA) is 70.8 Å². The summed E-state index contributed by atoms with van der Waals surface area (Å²) in [4.78, 5) is 16.8. The number of fused-ring (bicyclic) bond motifs is 2. The van der Waals surface area contributed by atoms with Gasteiger partial charge in [-0.1, -0.05) is 31.1 Å². The van der Waals surface area contributed by atoms with E-state index >= 15 is 0 Å². The Hall–Kier alpha value is -3.13. The Kier molecular flexibility index (Phi) is 6.16. The fraction of sp³-hybridized carbons (Fsp3) is 0.462. The van der Waals surface area contributed by atoms with Gasteiger partial charge in [-0.15, -0.1) is 0 Å². The summed E-state index contributed by atoms with van der Waals surface area (Å²) in [6.45, 7) is 9.45. The Labute approximate surface area is 198 Å². The Balaban J connectivity index is 1.07. The van der Waals surface area contributed by atoms with Gasteiger partial charge in [0.25, 0.3) is 0 Å². The number of carbonyl (C=O) groups excluding carboxylic acids is 1. The predicted octanol–water partition coefficient (Wildman–Crippen LogP) is 4.57. The van der Waals surface area contributed by atoms with Crippen LogP contribution in [0.4, 0.5) is 15.9 Å². The van der Waals surface area contributed by atoms with Crippen molar-refractivity contribution < 1.29 is 18.4 Å². The maximum absolute atomic E-state index is 13.4. The van der Waals surface area contributed by atoms with E-state index in [1.807, 2.05) is 12.1 Å². The van der Waals surface area contributed by atoms with Gasteiger partial charge in [0.1, 0.15) is 11.6 Å². The number of benzene rings is 2. The molecule has 3 heterocycles. The standard InChI is InChI=1S/C26H31FN4O3/c1-26(2)17-23(32)28-24-20(26)6-5-7-21(24)33-15-4-3-10-30-11-13-31(14-12-30)25-19-9-8-18(27)16-22(19)34-29-25/h5-9,16H,3-4,10-15,17H2,1-2H3,(H,28,32). The lowest BCUT2D eigenvalue weighted by Crippen LogP contribution is -2.46. The molecule has 0 unspecified atom stereocenters. The second kappa shape index (κ2) is 9.25. The molecule has 0 aliphatic carbocycles. The molecule has 5 rings (SSSR count). The highest BCUT2D eigenvalue weighted by atomic mass is 19.1. The minimum Gasteiger partial charge on any atom is -0.491 e. The fourth-order valence-corrected chi connectivity index (χ4v) is 4.95. The van der Waals surface area contributed by atoms with Crippen molar-refractivity contribution in [3.63, 3.8) is 0 Å². The second-order valence-electron chi connectivity index (χ2n) is 9.82. The van der Waals surface area contributed by atoms with Gasteiger partial charge >= 0.3 is 0 Å². The number of hydrogen-bond acceptors (Lipinski definition) is 6. The number of carbonyl (C=O) groups is 1. The Bertz CT molecular complexity index is 1180. The number of amides is 1. The molecule has 0 spiro atoms. The van der Waals surface area contributed by atoms with Crippen LogP contribution in [0.25, 0.3) is 11.0 Å². The van der Waals surface area contributed by atoms with Gasteiger partial charge in [-0.25, -0.2) is 4.39 Å². The minimum absolute atomic E-state index is 0.0403. The molecule has 0 atom stereocenters. The molecule has 0 bridgehead atoms. The number of anilines is 2. The van der Waals surface area contributed by atoms with E-state index in [1.165, 1.54) is 12.1 Å². The lowest BCUT2D eigenvalue weighted by atomic mass is 9.78. The van der Waals surface area contributed by atoms with E-state index in [4.69, 9.17) is 9.26 Å². The van der Waals surface area contributed by atoms with Crippen molar-refractivity contribution in [2.45, 2.75) is 38.5 Å². The van der Waals surface area contributed by atoms with Crippen molar-refractivity contribution in [3.05, 3.63) is 47.8 Å². The van der Waals surface area contributed by atoms with Crippen LogP contribution in [0.3, 0.4) is 0 Å². The number of para-hydroxylation sites is 1. The zero-order chi connectivity index (χ0) is 23.7. The third-order valence-electron chi connectivity index (χ3n) is 6.84. The van der Waals surface area contributed by atoms with Crippen LogP contribution < -0.4 is 15.0 Å². The molecule has 7 nitrogen and oxygen atoms in total. The number of ether oxygens (including phenoxy) is 1. The number of nitrogens with zero attached hydrogens (tertiary/aromatic N) is 3. The molecule has 8 heteroatoms. The molecule has 34 heavy (non-hydrogen) atoms. The molecule has 2 aliphatic heterocycles. The average Bonchev–Trinajstić information content (AvgIpc) is 3.22. The lowest BCUT2D eigenvalue weighted by Gasteiger charge is -2.34. The summed E-state index contributed by atoms with van der Waals surface area (Å²) in [5.74, 6) is 1.28. The first-order valence-corrected chi connectivity index (χ1v) is 12.0. The van der Waals surface area contributed by atoms with Gasteiger partial charge in [0.05, 0.1) is 17.7 Å². The van der Waals surface area contributed by atoms with E-state index in [0.29, 0.717) is 18.6 Å². The molecule has 1 saturated heterocycles. The summed E-state index contributed by atoms with van der Waals surface area (Å²) in [5.41, 5.74) is 2.25. The molecule has 2 aliphatic rings. The van der Waals surface area contributed by atoms with Gasteiger partial charge in [-0.2, -0.15) is 0 Å². The van der Waals surface area contributed by atoms with Crippen LogP contribution in [0, 0.1) is 5.82 Å². The van der Waals surface area contributed by atoms with E-state index in [-0.39, 0.29) is 17.1 Å². The van der Waals surface area contributed by atoms with Gasteiger partial charge in [-0.3, -0.25) is 9.69 Å². The van der Waals surface area contributed by atoms with E-state index in [2.05, 4.69) is 40.2 Å². The first kappa shape index (κ1) is 22.7. The predicted molar refractivity (Wildman–Crippen MR) is 130 cm³/mol. The van der Waals surface area contributed by atoms with Crippen molar-refractivity contribution in [1.82, 2.24) is 10.1 Å². The molecule has 1 amide bonds. The largest absolute Gasteiger partial charge is 0.491 e. The minimum atomic E-state index is -0.315. The molecular weight excluding hydrogens is 435 g/mol. The van der Waals surface area contributed by atoms with Crippen molar-refractivity contribution in [3.8, 4) is 5.75 Å². The number of aromatic nitrogens is 1. The first-order chi connectivity index (χ1) is 16.4. The number of rotatable bonds is 7. The molecule has 2 aromatic carbocycles. The molecule has 1 fully saturated rings. The molecule has 3 aromatic rings. The number of unbranched alkanes of at least 4 members (excludes halogenated alkanes) is 1. The summed E-state index contributed by atoms with van der Waals surface area (Å²) >= 11 is 0. The van der Waals surface area contributed by atoms with Crippen molar-refractivity contribution in [2.75, 3.05) is 49.5 Å². The second-order valence-corrected chi connectivity index (χ2v) is 9.82. The van der Waals surface area contributed by atoms with Crippen molar-refractivity contribution in [2.24, 2.45) is 0 Å². The molecule has 0 saturated carbocycles. The van der Waals surface area contributed by atoms with Crippen LogP contribution in [-0.2, 0) is 10.2 Å². The highest BCUT2D eigenvalue weighted by Crippen LogP contribution is 2.42. The SMILES string of the molecule is CC1(C)CC(=O)Nc2c(OCCCCN3CCN(c4noc5cc(F)ccc45)CC3)cccc21. The van der Waals surface area contributed by atoms with E-state index in [0.717, 1.165) is 73.8 Å². The van der Waals surface area contributed by atoms with E-state index in [1.54, 1.807) is 6.07 Å². The lowest BCUT2D eigenvalue weighted by molar-refractivity contribution is -0.117. The van der Waals surface area contributed by atoms with Crippen LogP contribution in [-0.4, -0.2) is 55.3 Å². The quantitative estimate of drug-likeness (QED) is 0.515. The summed E-state index contributed by atoms with van der Waals surface area (Å²) in [5, 5.41) is 8.02. The molecule has 180 valence electrons. The third-order valence-corrected chi connectivity index (χ3v) is 6.84. The van der Waals surface area contributed by atoms with E-state index in [9.17, 15) is 9.18 Å². The average molecular weight is 467 g/mol. The zero-order valence-electron chi connectivity index (χ0n) is 19.8. The maximum Gasteiger partial charge on any atom is 0.225 e. The summed E-state index contributed by atoms with van der Waals surface area (Å²) < 4.78 is 24.8. The number of hydrogen-bond donors (Lipinski definition) is 1. The van der Waals surface area contributed by atoms with Crippen molar-refractivity contribution >= 4 is 28.4 Å². The third kappa shape index (κ3) is 4.59. The van der Waals surface area contributed by atoms with Gasteiger partial charge in [0.2, 0.25) is 5.91 Å². The van der Waals surface area contributed by atoms with Gasteiger partial charge < -0.3 is 19.5 Å². The Morgan fingerprint density at radius 1 is 1.15 bits per heavy atom. The Morgan fingerprint density at radius 2 is 1.97 bits per heavy atom. The molecule has 1 aromatic heterocycles. The summed E-state index contributed by atoms with van der Waals surface area (Å²) in [7, 11) is 0. The number of nitrogens with one attached hydrogen (secondary N) is 1. The summed E-state index contributed by atoms with van der Waals surface area (Å²) in [6, 6.07) is 10.6. The van der Waals surface area contributed by atoms with Crippen LogP contribution in [0.15, 0.2) is 40.9 Å².